The lowest BCUT2D eigenvalue weighted by Gasteiger charge is -2.29. The molecule has 0 aliphatic rings. The highest BCUT2D eigenvalue weighted by molar-refractivity contribution is 5.31. The molecular weight excluding hydrogens is 300 g/mol. The van der Waals surface area contributed by atoms with E-state index < -0.39 is 6.10 Å². The van der Waals surface area contributed by atoms with Gasteiger partial charge in [-0.3, -0.25) is 0 Å². The van der Waals surface area contributed by atoms with Crippen molar-refractivity contribution in [2.75, 3.05) is 6.61 Å². The average Bonchev–Trinajstić information content (AvgIpc) is 2.60. The molecule has 0 aliphatic carbocycles. The third kappa shape index (κ3) is 6.35. The molecule has 0 saturated carbocycles. The number of benzene rings is 1. The Labute approximate surface area is 148 Å². The summed E-state index contributed by atoms with van der Waals surface area (Å²) in [5.41, 5.74) is 0.0641. The van der Waals surface area contributed by atoms with Crippen LogP contribution in [-0.2, 0) is 0 Å². The zero-order chi connectivity index (χ0) is 18.2. The highest BCUT2D eigenvalue weighted by Crippen LogP contribution is 2.31. The van der Waals surface area contributed by atoms with Crippen LogP contribution in [0.2, 0.25) is 0 Å². The molecule has 0 heterocycles. The maximum Gasteiger partial charge on any atom is 0.120 e. The number of aliphatic hydroxyl groups excluding tert-OH is 1. The summed E-state index contributed by atoms with van der Waals surface area (Å²) in [6, 6.07) is 7.69. The zero-order valence-corrected chi connectivity index (χ0v) is 16.4. The lowest BCUT2D eigenvalue weighted by Crippen LogP contribution is -2.30. The highest BCUT2D eigenvalue weighted by Gasteiger charge is 2.24. The van der Waals surface area contributed by atoms with Gasteiger partial charge in [0.1, 0.15) is 23.7 Å². The lowest BCUT2D eigenvalue weighted by atomic mass is 9.80. The Balaban J connectivity index is 2.53. The third-order valence-electron chi connectivity index (χ3n) is 5.56. The largest absolute Gasteiger partial charge is 0.491 e. The van der Waals surface area contributed by atoms with Crippen LogP contribution in [0, 0.1) is 5.41 Å². The normalized spacial score (nSPS) is 13.6. The van der Waals surface area contributed by atoms with Crippen molar-refractivity contribution in [2.45, 2.75) is 85.4 Å². The molecule has 0 radical (unpaired) electrons. The molecule has 1 aromatic carbocycles. The SMILES string of the molecule is CCC(C)(CC)CC(O)COc1ccc(OC(C)(CC)CC)cc1. The Morgan fingerprint density at radius 2 is 1.38 bits per heavy atom. The Morgan fingerprint density at radius 3 is 1.83 bits per heavy atom. The molecule has 1 N–H and O–H groups in total. The summed E-state index contributed by atoms with van der Waals surface area (Å²) in [5.74, 6) is 1.63. The number of hydrogen-bond acceptors (Lipinski definition) is 3. The van der Waals surface area contributed by atoms with Crippen molar-refractivity contribution in [2.24, 2.45) is 5.41 Å². The van der Waals surface area contributed by atoms with Gasteiger partial charge in [0.05, 0.1) is 6.10 Å². The first-order chi connectivity index (χ1) is 11.3. The fourth-order valence-corrected chi connectivity index (χ4v) is 2.64. The van der Waals surface area contributed by atoms with Gasteiger partial charge >= 0.3 is 0 Å². The quantitative estimate of drug-likeness (QED) is 0.571. The smallest absolute Gasteiger partial charge is 0.120 e. The molecule has 3 heteroatoms. The fourth-order valence-electron chi connectivity index (χ4n) is 2.64. The molecule has 0 bridgehead atoms. The molecule has 24 heavy (non-hydrogen) atoms. The summed E-state index contributed by atoms with van der Waals surface area (Å²) < 4.78 is 11.8. The van der Waals surface area contributed by atoms with Crippen LogP contribution in [0.15, 0.2) is 24.3 Å². The van der Waals surface area contributed by atoms with E-state index in [4.69, 9.17) is 9.47 Å². The van der Waals surface area contributed by atoms with Crippen LogP contribution in [-0.4, -0.2) is 23.4 Å². The molecule has 1 rings (SSSR count). The Bertz CT molecular complexity index is 458. The predicted molar refractivity (Wildman–Crippen MR) is 101 cm³/mol. The molecular formula is C21H36O3. The van der Waals surface area contributed by atoms with E-state index in [2.05, 4.69) is 41.5 Å². The van der Waals surface area contributed by atoms with Crippen molar-refractivity contribution in [1.29, 1.82) is 0 Å². The van der Waals surface area contributed by atoms with Gasteiger partial charge in [-0.25, -0.2) is 0 Å². The van der Waals surface area contributed by atoms with Gasteiger partial charge < -0.3 is 14.6 Å². The fraction of sp³-hybridized carbons (Fsp3) is 0.714. The predicted octanol–water partition coefficient (Wildman–Crippen LogP) is 5.60. The van der Waals surface area contributed by atoms with Crippen LogP contribution in [0.4, 0.5) is 0 Å². The summed E-state index contributed by atoms with van der Waals surface area (Å²) in [7, 11) is 0. The first-order valence-electron chi connectivity index (χ1n) is 9.39. The van der Waals surface area contributed by atoms with E-state index in [1.807, 2.05) is 24.3 Å². The second-order valence-electron chi connectivity index (χ2n) is 7.42. The number of rotatable bonds is 11. The number of aliphatic hydroxyl groups is 1. The van der Waals surface area contributed by atoms with Crippen molar-refractivity contribution in [1.82, 2.24) is 0 Å². The first-order valence-corrected chi connectivity index (χ1v) is 9.39. The van der Waals surface area contributed by atoms with Crippen LogP contribution in [0.25, 0.3) is 0 Å². The molecule has 0 aliphatic heterocycles. The van der Waals surface area contributed by atoms with Crippen LogP contribution >= 0.6 is 0 Å². The topological polar surface area (TPSA) is 38.7 Å². The van der Waals surface area contributed by atoms with Gasteiger partial charge in [-0.05, 0) is 55.9 Å². The number of ether oxygens (including phenoxy) is 2. The van der Waals surface area contributed by atoms with Crippen LogP contribution in [0.5, 0.6) is 11.5 Å². The van der Waals surface area contributed by atoms with Gasteiger partial charge in [-0.15, -0.1) is 0 Å². The van der Waals surface area contributed by atoms with Crippen LogP contribution in [0.1, 0.15) is 73.6 Å². The third-order valence-corrected chi connectivity index (χ3v) is 5.56. The van der Waals surface area contributed by atoms with Crippen molar-refractivity contribution in [3.8, 4) is 11.5 Å². The minimum absolute atomic E-state index is 0.122. The molecule has 1 atom stereocenters. The summed E-state index contributed by atoms with van der Waals surface area (Å²) in [6.07, 6.45) is 4.42. The molecule has 0 fully saturated rings. The number of hydrogen-bond donors (Lipinski definition) is 1. The van der Waals surface area contributed by atoms with Crippen LogP contribution < -0.4 is 9.47 Å². The van der Waals surface area contributed by atoms with E-state index in [1.54, 1.807) is 0 Å². The molecule has 0 spiro atoms. The molecule has 0 aromatic heterocycles. The van der Waals surface area contributed by atoms with Crippen molar-refractivity contribution < 1.29 is 14.6 Å². The van der Waals surface area contributed by atoms with Gasteiger partial charge in [-0.1, -0.05) is 47.5 Å². The second kappa shape index (κ2) is 9.31. The minimum Gasteiger partial charge on any atom is -0.491 e. The van der Waals surface area contributed by atoms with Gasteiger partial charge in [0.25, 0.3) is 0 Å². The van der Waals surface area contributed by atoms with E-state index in [0.29, 0.717) is 6.61 Å². The summed E-state index contributed by atoms with van der Waals surface area (Å²) in [6.45, 7) is 13.3. The highest BCUT2D eigenvalue weighted by atomic mass is 16.5. The van der Waals surface area contributed by atoms with Gasteiger partial charge in [0.2, 0.25) is 0 Å². The maximum atomic E-state index is 10.2. The van der Waals surface area contributed by atoms with Crippen molar-refractivity contribution >= 4 is 0 Å². The molecule has 138 valence electrons. The Morgan fingerprint density at radius 1 is 0.875 bits per heavy atom. The van der Waals surface area contributed by atoms with E-state index in [0.717, 1.165) is 43.6 Å². The van der Waals surface area contributed by atoms with Crippen LogP contribution in [0.3, 0.4) is 0 Å². The standard InChI is InChI=1S/C21H36O3/c1-7-20(5,8-2)15-17(22)16-23-18-11-13-19(14-12-18)24-21(6,9-3)10-4/h11-14,17,22H,7-10,15-16H2,1-6H3. The molecule has 1 unspecified atom stereocenters. The molecule has 0 saturated heterocycles. The van der Waals surface area contributed by atoms with E-state index in [9.17, 15) is 5.11 Å². The zero-order valence-electron chi connectivity index (χ0n) is 16.4. The lowest BCUT2D eigenvalue weighted by molar-refractivity contribution is 0.0576. The molecule has 3 nitrogen and oxygen atoms in total. The Kier molecular flexibility index (Phi) is 8.08. The summed E-state index contributed by atoms with van der Waals surface area (Å²) in [4.78, 5) is 0. The van der Waals surface area contributed by atoms with Crippen molar-refractivity contribution in [3.05, 3.63) is 24.3 Å². The average molecular weight is 337 g/mol. The maximum absolute atomic E-state index is 10.2. The van der Waals surface area contributed by atoms with Gasteiger partial charge in [-0.2, -0.15) is 0 Å². The van der Waals surface area contributed by atoms with E-state index in [-0.39, 0.29) is 11.0 Å². The second-order valence-corrected chi connectivity index (χ2v) is 7.42. The summed E-state index contributed by atoms with van der Waals surface area (Å²) in [5, 5.41) is 10.2. The van der Waals surface area contributed by atoms with E-state index in [1.165, 1.54) is 0 Å². The van der Waals surface area contributed by atoms with Gasteiger partial charge in [0.15, 0.2) is 0 Å². The van der Waals surface area contributed by atoms with Gasteiger partial charge in [0, 0.05) is 0 Å². The summed E-state index contributed by atoms with van der Waals surface area (Å²) >= 11 is 0. The molecule has 1 aromatic rings. The molecule has 0 amide bonds. The minimum atomic E-state index is -0.436. The Hall–Kier alpha value is -1.22. The first kappa shape index (κ1) is 20.8. The monoisotopic (exact) mass is 336 g/mol. The van der Waals surface area contributed by atoms with E-state index >= 15 is 0 Å². The van der Waals surface area contributed by atoms with Crippen molar-refractivity contribution in [3.63, 3.8) is 0 Å².